The van der Waals surface area contributed by atoms with E-state index in [0.29, 0.717) is 44.4 Å². The molecule has 160 valence electrons. The SMILES string of the molecule is Cc1[nH]c(C=C2C(=O)Nc3ccc(Cl)cc32)c(C)c1C(=O)NCC(O)Cn1ccnn1. The minimum atomic E-state index is -0.810. The number of nitrogens with one attached hydrogen (secondary N) is 3. The van der Waals surface area contributed by atoms with Crippen LogP contribution in [0.2, 0.25) is 5.02 Å². The number of nitrogens with zero attached hydrogens (tertiary/aromatic N) is 3. The van der Waals surface area contributed by atoms with Gasteiger partial charge in [-0.05, 0) is 43.7 Å². The van der Waals surface area contributed by atoms with Gasteiger partial charge in [-0.2, -0.15) is 0 Å². The van der Waals surface area contributed by atoms with Crippen molar-refractivity contribution >= 4 is 40.8 Å². The van der Waals surface area contributed by atoms with Crippen LogP contribution in [0.15, 0.2) is 30.6 Å². The number of H-pyrrole nitrogens is 1. The van der Waals surface area contributed by atoms with Gasteiger partial charge >= 0.3 is 0 Å². The minimum absolute atomic E-state index is 0.0630. The van der Waals surface area contributed by atoms with Gasteiger partial charge in [0.25, 0.3) is 11.8 Å². The van der Waals surface area contributed by atoms with Gasteiger partial charge < -0.3 is 20.7 Å². The van der Waals surface area contributed by atoms with Crippen LogP contribution in [-0.4, -0.2) is 49.5 Å². The molecule has 1 atom stereocenters. The molecule has 3 heterocycles. The average molecular weight is 441 g/mol. The van der Waals surface area contributed by atoms with Crippen LogP contribution in [0.25, 0.3) is 11.6 Å². The number of amides is 2. The van der Waals surface area contributed by atoms with Gasteiger partial charge in [-0.3, -0.25) is 9.59 Å². The second kappa shape index (κ2) is 8.37. The monoisotopic (exact) mass is 440 g/mol. The Kier molecular flexibility index (Phi) is 5.62. The minimum Gasteiger partial charge on any atom is -0.389 e. The lowest BCUT2D eigenvalue weighted by Gasteiger charge is -2.12. The van der Waals surface area contributed by atoms with E-state index in [0.717, 1.165) is 0 Å². The van der Waals surface area contributed by atoms with Crippen molar-refractivity contribution in [3.8, 4) is 0 Å². The number of halogens is 1. The molecule has 0 radical (unpaired) electrons. The number of aliphatic hydroxyl groups excluding tert-OH is 1. The predicted octanol–water partition coefficient (Wildman–Crippen LogP) is 2.16. The van der Waals surface area contributed by atoms with Gasteiger partial charge in [0, 0.05) is 40.4 Å². The molecule has 4 N–H and O–H groups in total. The molecule has 1 aliphatic rings. The Morgan fingerprint density at radius 2 is 2.19 bits per heavy atom. The Bertz CT molecular complexity index is 1180. The number of hydrogen-bond acceptors (Lipinski definition) is 5. The second-order valence-corrected chi connectivity index (χ2v) is 7.79. The molecule has 0 aliphatic carbocycles. The molecule has 2 aromatic heterocycles. The summed E-state index contributed by atoms with van der Waals surface area (Å²) in [6.45, 7) is 3.88. The summed E-state index contributed by atoms with van der Waals surface area (Å²) in [6.07, 6.45) is 4.06. The summed E-state index contributed by atoms with van der Waals surface area (Å²) in [5, 5.41) is 23.7. The largest absolute Gasteiger partial charge is 0.389 e. The number of aromatic nitrogens is 4. The first kappa shape index (κ1) is 20.8. The molecule has 2 amide bonds. The molecule has 1 unspecified atom stereocenters. The van der Waals surface area contributed by atoms with Crippen molar-refractivity contribution in [2.75, 3.05) is 11.9 Å². The van der Waals surface area contributed by atoms with E-state index in [1.54, 1.807) is 37.4 Å². The third kappa shape index (κ3) is 4.23. The molecule has 0 spiro atoms. The van der Waals surface area contributed by atoms with Crippen LogP contribution < -0.4 is 10.6 Å². The van der Waals surface area contributed by atoms with Gasteiger partial charge in [0.2, 0.25) is 0 Å². The van der Waals surface area contributed by atoms with Crippen LogP contribution in [0, 0.1) is 13.8 Å². The highest BCUT2D eigenvalue weighted by molar-refractivity contribution is 6.36. The lowest BCUT2D eigenvalue weighted by molar-refractivity contribution is -0.110. The molecule has 0 saturated heterocycles. The predicted molar refractivity (Wildman–Crippen MR) is 117 cm³/mol. The molecule has 0 fully saturated rings. The van der Waals surface area contributed by atoms with E-state index in [-0.39, 0.29) is 24.9 Å². The van der Waals surface area contributed by atoms with Gasteiger partial charge in [0.15, 0.2) is 0 Å². The van der Waals surface area contributed by atoms with E-state index in [1.165, 1.54) is 10.9 Å². The van der Waals surface area contributed by atoms with Gasteiger partial charge in [-0.15, -0.1) is 5.10 Å². The zero-order chi connectivity index (χ0) is 22.1. The summed E-state index contributed by atoms with van der Waals surface area (Å²) in [5.74, 6) is -0.543. The highest BCUT2D eigenvalue weighted by Gasteiger charge is 2.26. The molecular formula is C21H21ClN6O3. The Morgan fingerprint density at radius 3 is 2.94 bits per heavy atom. The van der Waals surface area contributed by atoms with Crippen molar-refractivity contribution in [2.45, 2.75) is 26.5 Å². The quantitative estimate of drug-likeness (QED) is 0.437. The highest BCUT2D eigenvalue weighted by atomic mass is 35.5. The van der Waals surface area contributed by atoms with E-state index in [1.807, 2.05) is 6.92 Å². The number of aliphatic hydroxyl groups is 1. The van der Waals surface area contributed by atoms with E-state index in [2.05, 4.69) is 25.9 Å². The standard InChI is InChI=1S/C21H21ClN6O3/c1-11-18(8-16-15-7-13(22)3-4-17(15)26-20(16)30)25-12(2)19(11)21(31)23-9-14(29)10-28-6-5-24-27-28/h3-8,14,25,29H,9-10H2,1-2H3,(H,23,31)(H,26,30). The molecule has 31 heavy (non-hydrogen) atoms. The molecule has 1 aromatic carbocycles. The Balaban J connectivity index is 1.53. The first-order valence-electron chi connectivity index (χ1n) is 9.66. The van der Waals surface area contributed by atoms with Gasteiger partial charge in [-0.25, -0.2) is 4.68 Å². The first-order valence-corrected chi connectivity index (χ1v) is 10.0. The fourth-order valence-electron chi connectivity index (χ4n) is 3.62. The zero-order valence-corrected chi connectivity index (χ0v) is 17.7. The summed E-state index contributed by atoms with van der Waals surface area (Å²) in [5.41, 5.74) is 4.38. The third-order valence-electron chi connectivity index (χ3n) is 5.12. The number of aromatic amines is 1. The number of anilines is 1. The van der Waals surface area contributed by atoms with Crippen LogP contribution in [0.1, 0.15) is 32.9 Å². The molecule has 0 saturated carbocycles. The van der Waals surface area contributed by atoms with Crippen LogP contribution in [0.3, 0.4) is 0 Å². The number of benzene rings is 1. The van der Waals surface area contributed by atoms with Crippen LogP contribution in [0.4, 0.5) is 5.69 Å². The van der Waals surface area contributed by atoms with E-state index < -0.39 is 6.10 Å². The number of fused-ring (bicyclic) bond motifs is 1. The second-order valence-electron chi connectivity index (χ2n) is 7.35. The molecule has 9 nitrogen and oxygen atoms in total. The van der Waals surface area contributed by atoms with Crippen molar-refractivity contribution in [1.82, 2.24) is 25.3 Å². The van der Waals surface area contributed by atoms with E-state index in [9.17, 15) is 14.7 Å². The molecule has 1 aliphatic heterocycles. The van der Waals surface area contributed by atoms with E-state index in [4.69, 9.17) is 11.6 Å². The van der Waals surface area contributed by atoms with E-state index >= 15 is 0 Å². The molecule has 4 rings (SSSR count). The number of hydrogen-bond donors (Lipinski definition) is 4. The van der Waals surface area contributed by atoms with Gasteiger partial charge in [0.05, 0.1) is 30.0 Å². The maximum Gasteiger partial charge on any atom is 0.256 e. The summed E-state index contributed by atoms with van der Waals surface area (Å²) in [6, 6.07) is 5.20. The number of carbonyl (C=O) groups is 2. The van der Waals surface area contributed by atoms with Gasteiger partial charge in [-0.1, -0.05) is 16.8 Å². The first-order chi connectivity index (χ1) is 14.8. The summed E-state index contributed by atoms with van der Waals surface area (Å²) >= 11 is 6.09. The van der Waals surface area contributed by atoms with Crippen molar-refractivity contribution in [1.29, 1.82) is 0 Å². The Hall–Kier alpha value is -3.43. The molecule has 10 heteroatoms. The van der Waals surface area contributed by atoms with Crippen molar-refractivity contribution in [3.63, 3.8) is 0 Å². The Morgan fingerprint density at radius 1 is 1.39 bits per heavy atom. The number of aryl methyl sites for hydroxylation is 1. The Labute approximate surface area is 183 Å². The normalized spacial score (nSPS) is 15.1. The number of carbonyl (C=O) groups excluding carboxylic acids is 2. The highest BCUT2D eigenvalue weighted by Crippen LogP contribution is 2.35. The lowest BCUT2D eigenvalue weighted by atomic mass is 10.0. The summed E-state index contributed by atoms with van der Waals surface area (Å²) in [7, 11) is 0. The summed E-state index contributed by atoms with van der Waals surface area (Å²) < 4.78 is 1.49. The molecular weight excluding hydrogens is 420 g/mol. The lowest BCUT2D eigenvalue weighted by Crippen LogP contribution is -2.35. The van der Waals surface area contributed by atoms with Crippen molar-refractivity contribution in [2.24, 2.45) is 0 Å². The van der Waals surface area contributed by atoms with Crippen molar-refractivity contribution in [3.05, 3.63) is 63.7 Å². The summed E-state index contributed by atoms with van der Waals surface area (Å²) in [4.78, 5) is 28.4. The molecule has 0 bridgehead atoms. The third-order valence-corrected chi connectivity index (χ3v) is 5.36. The fraction of sp³-hybridized carbons (Fsp3) is 0.238. The zero-order valence-electron chi connectivity index (χ0n) is 16.9. The fourth-order valence-corrected chi connectivity index (χ4v) is 3.79. The van der Waals surface area contributed by atoms with Crippen LogP contribution in [-0.2, 0) is 11.3 Å². The maximum atomic E-state index is 12.8. The van der Waals surface area contributed by atoms with Crippen molar-refractivity contribution < 1.29 is 14.7 Å². The topological polar surface area (TPSA) is 125 Å². The number of rotatable bonds is 6. The maximum absolute atomic E-state index is 12.8. The smallest absolute Gasteiger partial charge is 0.256 e. The van der Waals surface area contributed by atoms with Crippen LogP contribution in [0.5, 0.6) is 0 Å². The average Bonchev–Trinajstić information content (AvgIpc) is 3.40. The van der Waals surface area contributed by atoms with Gasteiger partial charge in [0.1, 0.15) is 0 Å². The van der Waals surface area contributed by atoms with Crippen LogP contribution >= 0.6 is 11.6 Å². The molecule has 3 aromatic rings.